The second-order valence-corrected chi connectivity index (χ2v) is 6.55. The van der Waals surface area contributed by atoms with Crippen LogP contribution in [0.4, 0.5) is 0 Å². The van der Waals surface area contributed by atoms with Gasteiger partial charge in [0.25, 0.3) is 0 Å². The molecule has 0 amide bonds. The van der Waals surface area contributed by atoms with Crippen molar-refractivity contribution in [3.63, 3.8) is 0 Å². The normalized spacial score (nSPS) is 28.7. The first-order valence-electron chi connectivity index (χ1n) is 7.90. The van der Waals surface area contributed by atoms with Gasteiger partial charge in [0.05, 0.1) is 0 Å². The largest absolute Gasteiger partial charge is 0.793 e. The van der Waals surface area contributed by atoms with Crippen molar-refractivity contribution < 1.29 is 38.6 Å². The number of aliphatic carboxylic acids is 1. The molecule has 2 N–H and O–H groups in total. The van der Waals surface area contributed by atoms with Crippen LogP contribution in [0.3, 0.4) is 0 Å². The molecule has 3 rings (SSSR count). The molecule has 3 fully saturated rings. The fourth-order valence-electron chi connectivity index (χ4n) is 3.76. The number of hydrogen-bond donors (Lipinski definition) is 2. The molecule has 2 aliphatic carbocycles. The molecule has 0 aromatic carbocycles. The summed E-state index contributed by atoms with van der Waals surface area (Å²) in [4.78, 5) is 35.9. The van der Waals surface area contributed by atoms with E-state index < -0.39 is 42.3 Å². The monoisotopic (exact) mass is 326 g/mol. The molecule has 1 aliphatic heterocycles. The third-order valence-corrected chi connectivity index (χ3v) is 5.28. The Bertz CT molecular complexity index is 521. The number of aliphatic hydroxyl groups is 1. The van der Waals surface area contributed by atoms with E-state index >= 15 is 0 Å². The summed E-state index contributed by atoms with van der Waals surface area (Å²) in [7, 11) is -1.70. The molecule has 3 aliphatic rings. The fraction of sp³-hybridized carbons (Fsp3) is 0.786. The Labute approximate surface area is 133 Å². The number of carbonyl (C=O) groups excluding carboxylic acids is 2. The fourth-order valence-corrected chi connectivity index (χ4v) is 3.76. The van der Waals surface area contributed by atoms with Crippen LogP contribution in [0.15, 0.2) is 0 Å². The number of hydrogen-bond acceptors (Lipinski definition) is 7. The molecule has 0 bridgehead atoms. The topological polar surface area (TPSA) is 119 Å². The Balaban J connectivity index is 1.68. The maximum atomic E-state index is 12.2. The van der Waals surface area contributed by atoms with E-state index in [4.69, 9.17) is 14.0 Å². The van der Waals surface area contributed by atoms with Gasteiger partial charge in [-0.05, 0) is 25.7 Å². The summed E-state index contributed by atoms with van der Waals surface area (Å²) in [6.45, 7) is 0. The highest BCUT2D eigenvalue weighted by atomic mass is 16.8. The minimum atomic E-state index is -1.70. The second kappa shape index (κ2) is 5.79. The van der Waals surface area contributed by atoms with Gasteiger partial charge in [-0.25, -0.2) is 0 Å². The molecule has 0 aromatic rings. The van der Waals surface area contributed by atoms with Gasteiger partial charge in [0.2, 0.25) is 0 Å². The molecule has 1 unspecified atom stereocenters. The summed E-state index contributed by atoms with van der Waals surface area (Å²) >= 11 is 0. The van der Waals surface area contributed by atoms with Crippen molar-refractivity contribution in [1.29, 1.82) is 0 Å². The van der Waals surface area contributed by atoms with Crippen LogP contribution >= 0.6 is 0 Å². The summed E-state index contributed by atoms with van der Waals surface area (Å²) < 4.78 is 15.1. The van der Waals surface area contributed by atoms with Crippen LogP contribution in [0.1, 0.15) is 51.4 Å². The molecule has 0 aromatic heterocycles. The summed E-state index contributed by atoms with van der Waals surface area (Å²) in [5, 5.41) is 19.5. The zero-order chi connectivity index (χ0) is 16.7. The van der Waals surface area contributed by atoms with Gasteiger partial charge in [0, 0.05) is 0 Å². The summed E-state index contributed by atoms with van der Waals surface area (Å²) in [5.74, 6) is -2.91. The van der Waals surface area contributed by atoms with E-state index in [-0.39, 0.29) is 12.8 Å². The Morgan fingerprint density at radius 3 is 2.22 bits per heavy atom. The SMILES string of the molecule is O=C(O)C1(C(=O)OB2OC(=O)C3(CCCC3)C(O)O2)CCCC1. The predicted molar refractivity (Wildman–Crippen MR) is 74.5 cm³/mol. The predicted octanol–water partition coefficient (Wildman–Crippen LogP) is 0.612. The van der Waals surface area contributed by atoms with E-state index in [2.05, 4.69) is 0 Å². The van der Waals surface area contributed by atoms with Crippen LogP contribution in [0, 0.1) is 10.8 Å². The van der Waals surface area contributed by atoms with Gasteiger partial charge in [0.1, 0.15) is 5.41 Å². The average molecular weight is 326 g/mol. The van der Waals surface area contributed by atoms with Gasteiger partial charge >= 0.3 is 25.2 Å². The molecule has 1 saturated heterocycles. The van der Waals surface area contributed by atoms with E-state index in [1.54, 1.807) is 0 Å². The van der Waals surface area contributed by atoms with Gasteiger partial charge in [0.15, 0.2) is 11.7 Å². The van der Waals surface area contributed by atoms with Crippen LogP contribution in [-0.4, -0.2) is 41.7 Å². The van der Waals surface area contributed by atoms with Crippen molar-refractivity contribution in [2.75, 3.05) is 0 Å². The molecule has 1 heterocycles. The van der Waals surface area contributed by atoms with Gasteiger partial charge in [-0.3, -0.25) is 14.4 Å². The molecule has 126 valence electrons. The van der Waals surface area contributed by atoms with E-state index in [9.17, 15) is 24.6 Å². The maximum absolute atomic E-state index is 12.2. The van der Waals surface area contributed by atoms with E-state index in [0.29, 0.717) is 25.7 Å². The Kier molecular flexibility index (Phi) is 4.09. The van der Waals surface area contributed by atoms with Crippen LogP contribution in [0.2, 0.25) is 0 Å². The van der Waals surface area contributed by atoms with Crippen LogP contribution in [0.5, 0.6) is 0 Å². The highest BCUT2D eigenvalue weighted by molar-refractivity contribution is 6.43. The zero-order valence-electron chi connectivity index (χ0n) is 12.7. The average Bonchev–Trinajstić information content (AvgIpc) is 3.16. The number of carbonyl (C=O) groups is 3. The first kappa shape index (κ1) is 16.3. The third kappa shape index (κ3) is 2.51. The highest BCUT2D eigenvalue weighted by Crippen LogP contribution is 2.45. The summed E-state index contributed by atoms with van der Waals surface area (Å²) in [5.41, 5.74) is -2.72. The minimum absolute atomic E-state index is 0.175. The molecular formula is C14H19BO8. The van der Waals surface area contributed by atoms with Gasteiger partial charge in [-0.15, -0.1) is 0 Å². The minimum Gasteiger partial charge on any atom is -0.480 e. The maximum Gasteiger partial charge on any atom is 0.793 e. The first-order chi connectivity index (χ1) is 10.9. The smallest absolute Gasteiger partial charge is 0.480 e. The molecule has 8 nitrogen and oxygen atoms in total. The second-order valence-electron chi connectivity index (χ2n) is 6.55. The zero-order valence-corrected chi connectivity index (χ0v) is 12.7. The van der Waals surface area contributed by atoms with E-state index in [0.717, 1.165) is 12.8 Å². The highest BCUT2D eigenvalue weighted by Gasteiger charge is 2.59. The molecule has 2 saturated carbocycles. The molecule has 9 heteroatoms. The molecule has 23 heavy (non-hydrogen) atoms. The van der Waals surface area contributed by atoms with Crippen LogP contribution in [0.25, 0.3) is 0 Å². The van der Waals surface area contributed by atoms with Crippen molar-refractivity contribution >= 4 is 25.2 Å². The molecule has 1 atom stereocenters. The third-order valence-electron chi connectivity index (χ3n) is 5.28. The summed E-state index contributed by atoms with van der Waals surface area (Å²) in [6.07, 6.45) is 2.61. The van der Waals surface area contributed by atoms with E-state index in [1.807, 2.05) is 0 Å². The number of rotatable bonds is 3. The van der Waals surface area contributed by atoms with Crippen molar-refractivity contribution in [2.45, 2.75) is 57.7 Å². The number of carboxylic acid groups (broad SMARTS) is 1. The van der Waals surface area contributed by atoms with Crippen LogP contribution in [-0.2, 0) is 28.3 Å². The molecule has 1 spiro atoms. The summed E-state index contributed by atoms with van der Waals surface area (Å²) in [6, 6.07) is 0. The van der Waals surface area contributed by atoms with Crippen LogP contribution < -0.4 is 0 Å². The quantitative estimate of drug-likeness (QED) is 0.572. The lowest BCUT2D eigenvalue weighted by Gasteiger charge is -2.37. The lowest BCUT2D eigenvalue weighted by atomic mass is 9.82. The Hall–Kier alpha value is -1.61. The van der Waals surface area contributed by atoms with Gasteiger partial charge < -0.3 is 24.2 Å². The Morgan fingerprint density at radius 2 is 1.70 bits per heavy atom. The van der Waals surface area contributed by atoms with E-state index in [1.165, 1.54) is 0 Å². The van der Waals surface area contributed by atoms with Crippen molar-refractivity contribution in [2.24, 2.45) is 10.8 Å². The Morgan fingerprint density at radius 1 is 1.13 bits per heavy atom. The first-order valence-corrected chi connectivity index (χ1v) is 7.90. The lowest BCUT2D eigenvalue weighted by Crippen LogP contribution is -2.55. The van der Waals surface area contributed by atoms with Gasteiger partial charge in [-0.2, -0.15) is 0 Å². The van der Waals surface area contributed by atoms with Crippen molar-refractivity contribution in [3.8, 4) is 0 Å². The molecule has 0 radical (unpaired) electrons. The molecular weight excluding hydrogens is 307 g/mol. The van der Waals surface area contributed by atoms with Crippen molar-refractivity contribution in [1.82, 2.24) is 0 Å². The number of carboxylic acids is 1. The lowest BCUT2D eigenvalue weighted by molar-refractivity contribution is -0.202. The van der Waals surface area contributed by atoms with Crippen molar-refractivity contribution in [3.05, 3.63) is 0 Å². The standard InChI is InChI=1S/C14H19BO8/c16-9(17)13(5-1-2-6-13)10(18)21-15-22-11(19)14(12(20)23-15)7-3-4-8-14/h11,19H,1-8H2,(H,16,17). The van der Waals surface area contributed by atoms with Gasteiger partial charge in [-0.1, -0.05) is 25.7 Å². The number of aliphatic hydroxyl groups excluding tert-OH is 1.